The summed E-state index contributed by atoms with van der Waals surface area (Å²) in [6.07, 6.45) is 2.29. The van der Waals surface area contributed by atoms with Crippen molar-refractivity contribution in [3.63, 3.8) is 0 Å². The summed E-state index contributed by atoms with van der Waals surface area (Å²) in [5, 5.41) is 3.85. The molecule has 1 aromatic carbocycles. The molecule has 4 aromatic rings. The second-order valence-corrected chi connectivity index (χ2v) is 16.6. The maximum Gasteiger partial charge on any atom is 0.293 e. The van der Waals surface area contributed by atoms with Crippen molar-refractivity contribution in [3.8, 4) is 0 Å². The van der Waals surface area contributed by atoms with Gasteiger partial charge in [0.15, 0.2) is 27.3 Å². The van der Waals surface area contributed by atoms with Gasteiger partial charge in [0.2, 0.25) is 0 Å². The van der Waals surface area contributed by atoms with Crippen LogP contribution in [0.2, 0.25) is 5.02 Å². The van der Waals surface area contributed by atoms with Crippen LogP contribution >= 0.6 is 22.9 Å². The van der Waals surface area contributed by atoms with Crippen LogP contribution in [0, 0.1) is 17.5 Å². The smallest absolute Gasteiger partial charge is 0.293 e. The number of rotatable bonds is 6. The predicted molar refractivity (Wildman–Crippen MR) is 150 cm³/mol. The van der Waals surface area contributed by atoms with Crippen LogP contribution in [-0.4, -0.2) is 61.4 Å². The molecule has 3 aromatic heterocycles. The van der Waals surface area contributed by atoms with E-state index in [1.807, 2.05) is 4.90 Å². The molecule has 218 valence electrons. The lowest BCUT2D eigenvalue weighted by Crippen LogP contribution is -2.56. The van der Waals surface area contributed by atoms with Crippen LogP contribution < -0.4 is 9.80 Å². The van der Waals surface area contributed by atoms with Gasteiger partial charge in [-0.15, -0.1) is 16.4 Å². The monoisotopic (exact) mass is 645 g/mol. The number of fused-ring (bicyclic) bond motifs is 1. The molecule has 4 heterocycles. The van der Waals surface area contributed by atoms with Crippen molar-refractivity contribution in [2.24, 2.45) is 0 Å². The number of thiophene rings is 1. The molecule has 0 N–H and O–H groups in total. The maximum absolute atomic E-state index is 14.6. The van der Waals surface area contributed by atoms with Crippen molar-refractivity contribution in [1.82, 2.24) is 14.2 Å². The summed E-state index contributed by atoms with van der Waals surface area (Å²) in [6.45, 7) is 3.83. The first-order valence-electron chi connectivity index (χ1n) is 12.6. The molecule has 0 radical (unpaired) electrons. The minimum absolute atomic E-state index is 0.0141. The number of hydrogen-bond donors (Lipinski definition) is 0. The van der Waals surface area contributed by atoms with Crippen LogP contribution in [0.25, 0.3) is 10.9 Å². The van der Waals surface area contributed by atoms with Gasteiger partial charge in [-0.2, -0.15) is 12.5 Å². The molecular weight excluding hydrogens is 623 g/mol. The number of anilines is 2. The fourth-order valence-corrected chi connectivity index (χ4v) is 9.96. The van der Waals surface area contributed by atoms with E-state index in [-0.39, 0.29) is 49.1 Å². The Morgan fingerprint density at radius 2 is 1.68 bits per heavy atom. The van der Waals surface area contributed by atoms with E-state index < -0.39 is 48.1 Å². The Balaban J connectivity index is 1.44. The Labute approximate surface area is 243 Å². The Kier molecular flexibility index (Phi) is 6.60. The van der Waals surface area contributed by atoms with Gasteiger partial charge in [-0.3, -0.25) is 0 Å². The summed E-state index contributed by atoms with van der Waals surface area (Å²) in [4.78, 5) is 7.52. The number of sulfone groups is 1. The zero-order valence-corrected chi connectivity index (χ0v) is 24.9. The first kappa shape index (κ1) is 28.2. The Bertz CT molecular complexity index is 1920. The number of pyridine rings is 1. The van der Waals surface area contributed by atoms with Crippen molar-refractivity contribution in [3.05, 3.63) is 59.0 Å². The molecule has 9 nitrogen and oxygen atoms in total. The Hall–Kier alpha value is -2.88. The number of benzene rings is 1. The lowest BCUT2D eigenvalue weighted by atomic mass is 10.1. The highest BCUT2D eigenvalue weighted by atomic mass is 35.5. The second-order valence-electron chi connectivity index (χ2n) is 10.4. The van der Waals surface area contributed by atoms with E-state index in [0.29, 0.717) is 34.8 Å². The van der Waals surface area contributed by atoms with E-state index in [1.54, 1.807) is 4.90 Å². The average molecular weight is 646 g/mol. The van der Waals surface area contributed by atoms with Gasteiger partial charge in [-0.05, 0) is 44.9 Å². The summed E-state index contributed by atoms with van der Waals surface area (Å²) in [7, 11) is -8.19. The van der Waals surface area contributed by atoms with Crippen molar-refractivity contribution in [1.29, 1.82) is 0 Å². The average Bonchev–Trinajstić information content (AvgIpc) is 3.29. The molecule has 1 saturated heterocycles. The number of aromatic nitrogens is 3. The molecule has 1 aliphatic carbocycles. The maximum atomic E-state index is 14.6. The minimum Gasteiger partial charge on any atom is -0.350 e. The topological polar surface area (TPSA) is 105 Å². The van der Waals surface area contributed by atoms with Gasteiger partial charge in [0, 0.05) is 31.8 Å². The van der Waals surface area contributed by atoms with E-state index in [0.717, 1.165) is 24.4 Å². The lowest BCUT2D eigenvalue weighted by molar-refractivity contribution is 0.489. The fourth-order valence-electron chi connectivity index (χ4n) is 5.11. The van der Waals surface area contributed by atoms with Gasteiger partial charge in [0.25, 0.3) is 10.0 Å². The lowest BCUT2D eigenvalue weighted by Gasteiger charge is -2.43. The molecule has 2 fully saturated rings. The third-order valence-corrected chi connectivity index (χ3v) is 13.5. The van der Waals surface area contributed by atoms with Gasteiger partial charge < -0.3 is 9.80 Å². The molecule has 1 spiro atoms. The quantitative estimate of drug-likeness (QED) is 0.293. The number of halogens is 4. The number of piperazine rings is 1. The van der Waals surface area contributed by atoms with Crippen LogP contribution in [0.1, 0.15) is 26.7 Å². The molecule has 6 rings (SSSR count). The van der Waals surface area contributed by atoms with Crippen molar-refractivity contribution >= 4 is 65.3 Å². The molecular formula is C25H23ClF3N5O4S3. The largest absolute Gasteiger partial charge is 0.350 e. The van der Waals surface area contributed by atoms with Gasteiger partial charge in [0.05, 0.1) is 32.9 Å². The van der Waals surface area contributed by atoms with Crippen LogP contribution in [-0.2, 0) is 19.9 Å². The molecule has 0 unspecified atom stereocenters. The first-order valence-corrected chi connectivity index (χ1v) is 16.7. The molecule has 1 saturated carbocycles. The van der Waals surface area contributed by atoms with Crippen molar-refractivity contribution in [2.75, 3.05) is 29.4 Å². The SMILES string of the molecule is CC(C)S(=O)(=O)c1ccc(S(=O)(=O)n2nc(N3CCN(c4ncc(F)cc4F)CC34CC4)c3c(Cl)cc(F)cc32)s1. The van der Waals surface area contributed by atoms with Gasteiger partial charge in [-0.25, -0.2) is 26.6 Å². The predicted octanol–water partition coefficient (Wildman–Crippen LogP) is 4.84. The van der Waals surface area contributed by atoms with Gasteiger partial charge in [0.1, 0.15) is 20.1 Å². The summed E-state index contributed by atoms with van der Waals surface area (Å²) < 4.78 is 95.7. The summed E-state index contributed by atoms with van der Waals surface area (Å²) in [6, 6.07) is 5.27. The van der Waals surface area contributed by atoms with Crippen LogP contribution in [0.15, 0.2) is 44.9 Å². The summed E-state index contributed by atoms with van der Waals surface area (Å²) in [5.74, 6) is -2.12. The molecule has 16 heteroatoms. The van der Waals surface area contributed by atoms with E-state index >= 15 is 0 Å². The zero-order valence-electron chi connectivity index (χ0n) is 21.7. The standard InChI is InChI=1S/C25H23ClF3N5O4S3/c1-14(2)40(35,36)20-3-4-21(39-20)41(37,38)34-19-11-15(27)9-17(26)22(19)24(31-34)33-8-7-32(13-25(33)5-6-25)23-18(29)10-16(28)12-30-23/h3-4,9-12,14H,5-8,13H2,1-2H3. The van der Waals surface area contributed by atoms with Crippen LogP contribution in [0.4, 0.5) is 24.8 Å². The molecule has 0 amide bonds. The highest BCUT2D eigenvalue weighted by Gasteiger charge is 2.53. The molecule has 1 aliphatic heterocycles. The minimum atomic E-state index is -4.46. The molecule has 0 bridgehead atoms. The van der Waals surface area contributed by atoms with Crippen LogP contribution in [0.5, 0.6) is 0 Å². The van der Waals surface area contributed by atoms with E-state index in [2.05, 4.69) is 10.1 Å². The van der Waals surface area contributed by atoms with E-state index in [4.69, 9.17) is 11.6 Å². The Morgan fingerprint density at radius 3 is 2.34 bits per heavy atom. The van der Waals surface area contributed by atoms with Crippen molar-refractivity contribution in [2.45, 2.75) is 45.9 Å². The van der Waals surface area contributed by atoms with Gasteiger partial charge >= 0.3 is 0 Å². The molecule has 2 aliphatic rings. The molecule has 0 atom stereocenters. The molecule has 41 heavy (non-hydrogen) atoms. The first-order chi connectivity index (χ1) is 19.2. The second kappa shape index (κ2) is 9.57. The third kappa shape index (κ3) is 4.57. The summed E-state index contributed by atoms with van der Waals surface area (Å²) in [5.41, 5.74) is -0.661. The highest BCUT2D eigenvalue weighted by molar-refractivity contribution is 7.95. The number of hydrogen-bond acceptors (Lipinski definition) is 9. The zero-order chi connectivity index (χ0) is 29.5. The van der Waals surface area contributed by atoms with E-state index in [1.165, 1.54) is 26.0 Å². The summed E-state index contributed by atoms with van der Waals surface area (Å²) >= 11 is 7.06. The Morgan fingerprint density at radius 1 is 0.976 bits per heavy atom. The third-order valence-electron chi connectivity index (χ3n) is 7.41. The van der Waals surface area contributed by atoms with Crippen molar-refractivity contribution < 1.29 is 30.0 Å². The normalized spacial score (nSPS) is 17.2. The van der Waals surface area contributed by atoms with Gasteiger partial charge in [-0.1, -0.05) is 11.6 Å². The number of nitrogens with zero attached hydrogens (tertiary/aromatic N) is 5. The van der Waals surface area contributed by atoms with Crippen LogP contribution in [0.3, 0.4) is 0 Å². The highest BCUT2D eigenvalue weighted by Crippen LogP contribution is 2.49. The fraction of sp³-hybridized carbons (Fsp3) is 0.360. The van der Waals surface area contributed by atoms with E-state index in [9.17, 15) is 30.0 Å².